The summed E-state index contributed by atoms with van der Waals surface area (Å²) in [5, 5.41) is 12.4. The van der Waals surface area contributed by atoms with Gasteiger partial charge in [0, 0.05) is 6.54 Å². The Labute approximate surface area is 54.6 Å². The Morgan fingerprint density at radius 2 is 2.67 bits per heavy atom. The average molecular weight is 125 g/mol. The van der Waals surface area contributed by atoms with Crippen LogP contribution >= 0.6 is 0 Å². The zero-order chi connectivity index (χ0) is 6.53. The maximum atomic E-state index is 8.25. The predicted molar refractivity (Wildman–Crippen MR) is 31.8 cm³/mol. The number of nitriles is 1. The molecule has 1 atom stereocenters. The maximum absolute atomic E-state index is 8.25. The van der Waals surface area contributed by atoms with E-state index in [4.69, 9.17) is 10.00 Å². The van der Waals surface area contributed by atoms with Crippen LogP contribution in [0.1, 0.15) is 6.42 Å². The van der Waals surface area contributed by atoms with E-state index in [0.717, 1.165) is 13.2 Å². The third kappa shape index (κ3) is 2.00. The van der Waals surface area contributed by atoms with E-state index in [1.54, 1.807) is 0 Å². The zero-order valence-corrected chi connectivity index (χ0v) is 5.21. The summed E-state index contributed by atoms with van der Waals surface area (Å²) in [5.41, 5.74) is 0. The molecule has 0 aromatic carbocycles. The Morgan fingerprint density at radius 3 is 3.22 bits per heavy atom. The van der Waals surface area contributed by atoms with Crippen molar-refractivity contribution in [1.29, 1.82) is 5.26 Å². The highest BCUT2D eigenvalue weighted by Crippen LogP contribution is 1.97. The summed E-state index contributed by atoms with van der Waals surface area (Å²) in [4.78, 5) is 0. The van der Waals surface area contributed by atoms with Crippen LogP contribution in [0.4, 0.5) is 0 Å². The van der Waals surface area contributed by atoms with E-state index in [1.807, 2.05) is 0 Å². The Kier molecular flexibility index (Phi) is 2.49. The van der Waals surface area contributed by atoms with E-state index in [2.05, 4.69) is 11.4 Å². The SMILES string of the molecule is N#CCC1COCC[N]1. The van der Waals surface area contributed by atoms with Crippen LogP contribution in [0, 0.1) is 11.3 Å². The van der Waals surface area contributed by atoms with Crippen molar-refractivity contribution >= 4 is 0 Å². The molecule has 0 aromatic rings. The fourth-order valence-corrected chi connectivity index (χ4v) is 0.801. The molecule has 0 saturated carbocycles. The van der Waals surface area contributed by atoms with E-state index in [-0.39, 0.29) is 6.04 Å². The lowest BCUT2D eigenvalue weighted by Gasteiger charge is -2.18. The minimum absolute atomic E-state index is 0.142. The molecule has 1 heterocycles. The Bertz CT molecular complexity index is 113. The van der Waals surface area contributed by atoms with E-state index < -0.39 is 0 Å². The maximum Gasteiger partial charge on any atom is 0.0646 e. The van der Waals surface area contributed by atoms with Gasteiger partial charge in [0.05, 0.1) is 31.7 Å². The van der Waals surface area contributed by atoms with Crippen LogP contribution in [0.3, 0.4) is 0 Å². The summed E-state index contributed by atoms with van der Waals surface area (Å²) >= 11 is 0. The summed E-state index contributed by atoms with van der Waals surface area (Å²) in [6, 6.07) is 2.21. The van der Waals surface area contributed by atoms with Crippen molar-refractivity contribution < 1.29 is 4.74 Å². The highest BCUT2D eigenvalue weighted by atomic mass is 16.5. The summed E-state index contributed by atoms with van der Waals surface area (Å²) < 4.78 is 5.09. The van der Waals surface area contributed by atoms with Crippen molar-refractivity contribution in [2.45, 2.75) is 12.5 Å². The minimum atomic E-state index is 0.142. The van der Waals surface area contributed by atoms with Gasteiger partial charge in [-0.1, -0.05) is 0 Å². The lowest BCUT2D eigenvalue weighted by Crippen LogP contribution is -2.35. The average Bonchev–Trinajstić information content (AvgIpc) is 1.91. The smallest absolute Gasteiger partial charge is 0.0646 e. The highest BCUT2D eigenvalue weighted by molar-refractivity contribution is 4.81. The first-order valence-electron chi connectivity index (χ1n) is 3.05. The third-order valence-electron chi connectivity index (χ3n) is 1.26. The zero-order valence-electron chi connectivity index (χ0n) is 5.21. The lowest BCUT2D eigenvalue weighted by molar-refractivity contribution is 0.0760. The molecule has 3 heteroatoms. The van der Waals surface area contributed by atoms with Crippen molar-refractivity contribution in [3.05, 3.63) is 0 Å². The van der Waals surface area contributed by atoms with Gasteiger partial charge in [0.1, 0.15) is 0 Å². The number of rotatable bonds is 1. The molecule has 1 rings (SSSR count). The molecule has 1 aliphatic rings. The first-order chi connectivity index (χ1) is 4.43. The Balaban J connectivity index is 2.17. The van der Waals surface area contributed by atoms with Gasteiger partial charge in [-0.2, -0.15) is 5.26 Å². The standard InChI is InChI=1S/C6H9N2O/c7-2-1-6-5-9-4-3-8-6/h6H,1,3-5H2. The van der Waals surface area contributed by atoms with Gasteiger partial charge in [-0.25, -0.2) is 5.32 Å². The lowest BCUT2D eigenvalue weighted by atomic mass is 10.2. The van der Waals surface area contributed by atoms with Crippen LogP contribution < -0.4 is 5.32 Å². The minimum Gasteiger partial charge on any atom is -0.378 e. The molecule has 0 amide bonds. The molecule has 1 fully saturated rings. The molecule has 49 valence electrons. The summed E-state index contributed by atoms with van der Waals surface area (Å²) in [6.45, 7) is 2.11. The molecule has 0 aromatic heterocycles. The van der Waals surface area contributed by atoms with E-state index in [0.29, 0.717) is 13.0 Å². The van der Waals surface area contributed by atoms with Gasteiger partial charge in [-0.15, -0.1) is 0 Å². The molecule has 0 spiro atoms. The van der Waals surface area contributed by atoms with Crippen LogP contribution in [0.5, 0.6) is 0 Å². The van der Waals surface area contributed by atoms with Crippen LogP contribution in [-0.2, 0) is 4.74 Å². The monoisotopic (exact) mass is 125 g/mol. The molecule has 0 aliphatic carbocycles. The van der Waals surface area contributed by atoms with Crippen LogP contribution in [0.2, 0.25) is 0 Å². The Hall–Kier alpha value is -0.590. The molecular weight excluding hydrogens is 116 g/mol. The van der Waals surface area contributed by atoms with E-state index in [9.17, 15) is 0 Å². The number of nitrogens with zero attached hydrogens (tertiary/aromatic N) is 2. The van der Waals surface area contributed by atoms with Crippen molar-refractivity contribution in [3.63, 3.8) is 0 Å². The van der Waals surface area contributed by atoms with Gasteiger partial charge in [-0.05, 0) is 0 Å². The molecule has 1 unspecified atom stereocenters. The van der Waals surface area contributed by atoms with Crippen LogP contribution in [-0.4, -0.2) is 25.8 Å². The molecule has 0 N–H and O–H groups in total. The van der Waals surface area contributed by atoms with Crippen molar-refractivity contribution in [2.75, 3.05) is 19.8 Å². The largest absolute Gasteiger partial charge is 0.378 e. The number of morpholine rings is 1. The fourth-order valence-electron chi connectivity index (χ4n) is 0.801. The second-order valence-electron chi connectivity index (χ2n) is 2.00. The van der Waals surface area contributed by atoms with Crippen LogP contribution in [0.25, 0.3) is 0 Å². The quantitative estimate of drug-likeness (QED) is 0.491. The van der Waals surface area contributed by atoms with Gasteiger partial charge < -0.3 is 4.74 Å². The van der Waals surface area contributed by atoms with Gasteiger partial charge >= 0.3 is 0 Å². The highest BCUT2D eigenvalue weighted by Gasteiger charge is 2.12. The molecular formula is C6H9N2O. The number of hydrogen-bond acceptors (Lipinski definition) is 2. The molecule has 1 radical (unpaired) electrons. The van der Waals surface area contributed by atoms with E-state index in [1.165, 1.54) is 0 Å². The normalized spacial score (nSPS) is 27.2. The van der Waals surface area contributed by atoms with Gasteiger partial charge in [0.15, 0.2) is 0 Å². The fraction of sp³-hybridized carbons (Fsp3) is 0.833. The van der Waals surface area contributed by atoms with Gasteiger partial charge in [-0.3, -0.25) is 0 Å². The number of hydrogen-bond donors (Lipinski definition) is 0. The van der Waals surface area contributed by atoms with Gasteiger partial charge in [0.25, 0.3) is 0 Å². The molecule has 1 aliphatic heterocycles. The molecule has 9 heavy (non-hydrogen) atoms. The summed E-state index contributed by atoms with van der Waals surface area (Å²) in [6.07, 6.45) is 0.500. The summed E-state index contributed by atoms with van der Waals surface area (Å²) in [7, 11) is 0. The summed E-state index contributed by atoms with van der Waals surface area (Å²) in [5.74, 6) is 0. The van der Waals surface area contributed by atoms with Crippen molar-refractivity contribution in [3.8, 4) is 6.07 Å². The topological polar surface area (TPSA) is 47.1 Å². The molecule has 0 bridgehead atoms. The predicted octanol–water partition coefficient (Wildman–Crippen LogP) is -0.0967. The first-order valence-corrected chi connectivity index (χ1v) is 3.05. The molecule has 1 saturated heterocycles. The third-order valence-corrected chi connectivity index (χ3v) is 1.26. The van der Waals surface area contributed by atoms with Gasteiger partial charge in [0.2, 0.25) is 0 Å². The van der Waals surface area contributed by atoms with Crippen molar-refractivity contribution in [2.24, 2.45) is 0 Å². The second-order valence-corrected chi connectivity index (χ2v) is 2.00. The first kappa shape index (κ1) is 6.53. The van der Waals surface area contributed by atoms with Crippen LogP contribution in [0.15, 0.2) is 0 Å². The Morgan fingerprint density at radius 1 is 1.78 bits per heavy atom. The molecule has 3 nitrogen and oxygen atoms in total. The van der Waals surface area contributed by atoms with E-state index >= 15 is 0 Å². The van der Waals surface area contributed by atoms with Crippen molar-refractivity contribution in [1.82, 2.24) is 5.32 Å². The second kappa shape index (κ2) is 3.44. The number of ether oxygens (including phenoxy) is 1.